The molecule has 0 bridgehead atoms. The average Bonchev–Trinajstić information content (AvgIpc) is 2.55. The SMILES string of the molecule is Cc1cccc2c(=O)n(CCC(C)C)sc12. The molecule has 2 rings (SSSR count). The van der Waals surface area contributed by atoms with E-state index in [1.54, 1.807) is 11.5 Å². The molecule has 0 fully saturated rings. The van der Waals surface area contributed by atoms with Gasteiger partial charge in [-0.05, 0) is 30.9 Å². The van der Waals surface area contributed by atoms with Crippen molar-refractivity contribution in [1.29, 1.82) is 0 Å². The van der Waals surface area contributed by atoms with E-state index in [1.165, 1.54) is 5.56 Å². The molecule has 0 radical (unpaired) electrons. The molecule has 86 valence electrons. The maximum Gasteiger partial charge on any atom is 0.268 e. The summed E-state index contributed by atoms with van der Waals surface area (Å²) in [5.74, 6) is 0.637. The molecule has 1 heterocycles. The second-order valence-electron chi connectivity index (χ2n) is 4.63. The summed E-state index contributed by atoms with van der Waals surface area (Å²) in [4.78, 5) is 12.1. The molecule has 0 saturated carbocycles. The van der Waals surface area contributed by atoms with Gasteiger partial charge in [-0.25, -0.2) is 0 Å². The largest absolute Gasteiger partial charge is 0.268 e. The van der Waals surface area contributed by atoms with Gasteiger partial charge >= 0.3 is 0 Å². The minimum atomic E-state index is 0.171. The molecule has 0 saturated heterocycles. The van der Waals surface area contributed by atoms with E-state index in [9.17, 15) is 4.79 Å². The Kier molecular flexibility index (Phi) is 3.15. The number of aromatic nitrogens is 1. The second kappa shape index (κ2) is 4.42. The lowest BCUT2D eigenvalue weighted by Gasteiger charge is -2.03. The predicted molar refractivity (Wildman–Crippen MR) is 70.3 cm³/mol. The Morgan fingerprint density at radius 2 is 2.12 bits per heavy atom. The Morgan fingerprint density at radius 3 is 2.75 bits per heavy atom. The molecule has 16 heavy (non-hydrogen) atoms. The molecular weight excluding hydrogens is 218 g/mol. The van der Waals surface area contributed by atoms with Crippen molar-refractivity contribution in [3.63, 3.8) is 0 Å². The maximum absolute atomic E-state index is 12.1. The van der Waals surface area contributed by atoms with Crippen LogP contribution in [0, 0.1) is 12.8 Å². The third kappa shape index (κ3) is 2.05. The van der Waals surface area contributed by atoms with Crippen molar-refractivity contribution in [3.05, 3.63) is 34.1 Å². The van der Waals surface area contributed by atoms with Crippen LogP contribution in [0.5, 0.6) is 0 Å². The molecule has 2 aromatic rings. The summed E-state index contributed by atoms with van der Waals surface area (Å²) in [7, 11) is 0. The van der Waals surface area contributed by atoms with E-state index >= 15 is 0 Å². The highest BCUT2D eigenvalue weighted by Crippen LogP contribution is 2.21. The first-order valence-electron chi connectivity index (χ1n) is 5.69. The van der Waals surface area contributed by atoms with Gasteiger partial charge in [0, 0.05) is 6.54 Å². The monoisotopic (exact) mass is 235 g/mol. The van der Waals surface area contributed by atoms with Gasteiger partial charge in [-0.1, -0.05) is 37.5 Å². The molecule has 0 N–H and O–H groups in total. The number of hydrogen-bond acceptors (Lipinski definition) is 2. The highest BCUT2D eigenvalue weighted by atomic mass is 32.1. The highest BCUT2D eigenvalue weighted by molar-refractivity contribution is 7.14. The van der Waals surface area contributed by atoms with Crippen LogP contribution in [0.4, 0.5) is 0 Å². The first kappa shape index (κ1) is 11.4. The summed E-state index contributed by atoms with van der Waals surface area (Å²) in [6.07, 6.45) is 1.06. The minimum absolute atomic E-state index is 0.171. The zero-order valence-corrected chi connectivity index (χ0v) is 10.8. The standard InChI is InChI=1S/C13H17NOS/c1-9(2)7-8-14-13(15)11-6-4-5-10(3)12(11)16-14/h4-6,9H,7-8H2,1-3H3. The molecule has 2 nitrogen and oxygen atoms in total. The molecule has 0 amide bonds. The van der Waals surface area contributed by atoms with Gasteiger partial charge in [-0.2, -0.15) is 0 Å². The molecule has 0 aliphatic carbocycles. The fraction of sp³-hybridized carbons (Fsp3) is 0.462. The predicted octanol–water partition coefficient (Wildman–Crippen LogP) is 3.42. The zero-order valence-electron chi connectivity index (χ0n) is 9.99. The molecule has 1 aromatic carbocycles. The topological polar surface area (TPSA) is 22.0 Å². The molecule has 0 unspecified atom stereocenters. The van der Waals surface area contributed by atoms with Crippen molar-refractivity contribution in [1.82, 2.24) is 3.96 Å². The molecule has 0 spiro atoms. The number of aryl methyl sites for hydroxylation is 2. The summed E-state index contributed by atoms with van der Waals surface area (Å²) in [6.45, 7) is 7.27. The van der Waals surface area contributed by atoms with E-state index in [0.29, 0.717) is 5.92 Å². The number of nitrogens with zero attached hydrogens (tertiary/aromatic N) is 1. The normalized spacial score (nSPS) is 11.5. The van der Waals surface area contributed by atoms with Gasteiger partial charge in [0.25, 0.3) is 5.56 Å². The molecule has 3 heteroatoms. The Bertz CT molecular complexity index is 551. The highest BCUT2D eigenvalue weighted by Gasteiger charge is 2.08. The van der Waals surface area contributed by atoms with E-state index in [0.717, 1.165) is 23.1 Å². The van der Waals surface area contributed by atoms with E-state index in [1.807, 2.05) is 16.1 Å². The lowest BCUT2D eigenvalue weighted by Crippen LogP contribution is -2.13. The van der Waals surface area contributed by atoms with Gasteiger partial charge < -0.3 is 0 Å². The van der Waals surface area contributed by atoms with Crippen LogP contribution in [-0.2, 0) is 6.54 Å². The fourth-order valence-electron chi connectivity index (χ4n) is 1.75. The summed E-state index contributed by atoms with van der Waals surface area (Å²) in [6, 6.07) is 5.94. The van der Waals surface area contributed by atoms with Crippen molar-refractivity contribution in [3.8, 4) is 0 Å². The van der Waals surface area contributed by atoms with Gasteiger partial charge in [-0.3, -0.25) is 8.75 Å². The van der Waals surface area contributed by atoms with Gasteiger partial charge in [0.2, 0.25) is 0 Å². The first-order valence-corrected chi connectivity index (χ1v) is 6.46. The smallest absolute Gasteiger partial charge is 0.268 e. The first-order chi connectivity index (χ1) is 7.59. The summed E-state index contributed by atoms with van der Waals surface area (Å²) < 4.78 is 3.02. The van der Waals surface area contributed by atoms with Crippen LogP contribution < -0.4 is 5.56 Å². The minimum Gasteiger partial charge on any atom is -0.268 e. The van der Waals surface area contributed by atoms with Crippen molar-refractivity contribution in [2.24, 2.45) is 5.92 Å². The van der Waals surface area contributed by atoms with Crippen LogP contribution in [-0.4, -0.2) is 3.96 Å². The molecule has 1 aromatic heterocycles. The number of benzene rings is 1. The third-order valence-corrected chi connectivity index (χ3v) is 4.07. The maximum atomic E-state index is 12.1. The summed E-state index contributed by atoms with van der Waals surface area (Å²) in [5.41, 5.74) is 1.37. The van der Waals surface area contributed by atoms with Crippen LogP contribution >= 0.6 is 11.5 Å². The van der Waals surface area contributed by atoms with Crippen LogP contribution in [0.15, 0.2) is 23.0 Å². The number of rotatable bonds is 3. The van der Waals surface area contributed by atoms with Crippen molar-refractivity contribution in [2.45, 2.75) is 33.7 Å². The van der Waals surface area contributed by atoms with E-state index in [-0.39, 0.29) is 5.56 Å². The lowest BCUT2D eigenvalue weighted by molar-refractivity contribution is 0.529. The molecule has 0 aliphatic heterocycles. The zero-order chi connectivity index (χ0) is 11.7. The fourth-order valence-corrected chi connectivity index (χ4v) is 2.81. The van der Waals surface area contributed by atoms with Gasteiger partial charge in [0.1, 0.15) is 0 Å². The summed E-state index contributed by atoms with van der Waals surface area (Å²) >= 11 is 1.60. The average molecular weight is 235 g/mol. The van der Waals surface area contributed by atoms with E-state index in [2.05, 4.69) is 26.8 Å². The van der Waals surface area contributed by atoms with Crippen LogP contribution in [0.2, 0.25) is 0 Å². The van der Waals surface area contributed by atoms with Crippen molar-refractivity contribution in [2.75, 3.05) is 0 Å². The Hall–Kier alpha value is -1.09. The van der Waals surface area contributed by atoms with Gasteiger partial charge in [-0.15, -0.1) is 0 Å². The molecular formula is C13H17NOS. The van der Waals surface area contributed by atoms with E-state index < -0.39 is 0 Å². The molecule has 0 aliphatic rings. The number of fused-ring (bicyclic) bond motifs is 1. The Labute approximate surface area is 99.7 Å². The quantitative estimate of drug-likeness (QED) is 0.799. The lowest BCUT2D eigenvalue weighted by atomic mass is 10.1. The number of hydrogen-bond donors (Lipinski definition) is 0. The Balaban J connectivity index is 2.44. The van der Waals surface area contributed by atoms with Crippen LogP contribution in [0.3, 0.4) is 0 Å². The van der Waals surface area contributed by atoms with Crippen molar-refractivity contribution < 1.29 is 0 Å². The Morgan fingerprint density at radius 1 is 1.38 bits per heavy atom. The molecule has 0 atom stereocenters. The second-order valence-corrected chi connectivity index (χ2v) is 5.66. The van der Waals surface area contributed by atoms with Gasteiger partial charge in [0.05, 0.1) is 10.1 Å². The summed E-state index contributed by atoms with van der Waals surface area (Å²) in [5, 5.41) is 0.869. The van der Waals surface area contributed by atoms with Crippen molar-refractivity contribution >= 4 is 21.6 Å². The van der Waals surface area contributed by atoms with Crippen LogP contribution in [0.1, 0.15) is 25.8 Å². The van der Waals surface area contributed by atoms with E-state index in [4.69, 9.17) is 0 Å². The van der Waals surface area contributed by atoms with Crippen LogP contribution in [0.25, 0.3) is 10.1 Å². The third-order valence-electron chi connectivity index (χ3n) is 2.78. The van der Waals surface area contributed by atoms with Gasteiger partial charge in [0.15, 0.2) is 0 Å².